The van der Waals surface area contributed by atoms with E-state index in [9.17, 15) is 14.4 Å². The number of methoxy groups -OCH3 is 1. The summed E-state index contributed by atoms with van der Waals surface area (Å²) in [6, 6.07) is 7.74. The highest BCUT2D eigenvalue weighted by atomic mass is 16.5. The molecule has 1 aliphatic carbocycles. The summed E-state index contributed by atoms with van der Waals surface area (Å²) < 4.78 is 10.5. The first-order valence-electron chi connectivity index (χ1n) is 10.9. The van der Waals surface area contributed by atoms with Crippen molar-refractivity contribution >= 4 is 23.4 Å². The molecule has 0 saturated heterocycles. The second kappa shape index (κ2) is 9.18. The molecular formula is C25H32N2O5. The van der Waals surface area contributed by atoms with E-state index in [0.29, 0.717) is 23.3 Å². The summed E-state index contributed by atoms with van der Waals surface area (Å²) in [7, 11) is 5.18. The summed E-state index contributed by atoms with van der Waals surface area (Å²) in [6.07, 6.45) is 0.205. The lowest BCUT2D eigenvalue weighted by molar-refractivity contribution is -0.151. The van der Waals surface area contributed by atoms with Crippen LogP contribution >= 0.6 is 0 Å². The minimum absolute atomic E-state index is 0.213. The molecule has 1 heterocycles. The summed E-state index contributed by atoms with van der Waals surface area (Å²) in [5.74, 6) is -3.06. The highest BCUT2D eigenvalue weighted by molar-refractivity contribution is 6.12. The molecule has 172 valence electrons. The smallest absolute Gasteiger partial charge is 0.337 e. The lowest BCUT2D eigenvalue weighted by Gasteiger charge is -2.38. The van der Waals surface area contributed by atoms with Gasteiger partial charge in [0, 0.05) is 42.7 Å². The Hall–Kier alpha value is -3.09. The fourth-order valence-electron chi connectivity index (χ4n) is 4.53. The lowest BCUT2D eigenvalue weighted by atomic mass is 9.69. The molecule has 0 bridgehead atoms. The van der Waals surface area contributed by atoms with E-state index in [1.807, 2.05) is 57.1 Å². The average molecular weight is 441 g/mol. The summed E-state index contributed by atoms with van der Waals surface area (Å²) in [6.45, 7) is 7.27. The topological polar surface area (TPSA) is 84.9 Å². The third-order valence-corrected chi connectivity index (χ3v) is 6.05. The zero-order valence-corrected chi connectivity index (χ0v) is 19.8. The molecule has 0 saturated carbocycles. The molecule has 1 aliphatic heterocycles. The van der Waals surface area contributed by atoms with Gasteiger partial charge in [0.05, 0.1) is 18.8 Å². The van der Waals surface area contributed by atoms with Gasteiger partial charge in [-0.3, -0.25) is 9.59 Å². The predicted molar refractivity (Wildman–Crippen MR) is 122 cm³/mol. The number of ether oxygens (including phenoxy) is 2. The Bertz CT molecular complexity index is 988. The van der Waals surface area contributed by atoms with Crippen molar-refractivity contribution in [3.05, 3.63) is 52.4 Å². The van der Waals surface area contributed by atoms with Crippen LogP contribution in [0.2, 0.25) is 0 Å². The monoisotopic (exact) mass is 440 g/mol. The number of allylic oxidation sites excluding steroid dienone is 3. The SMILES string of the molecule is COC(=O)[C@H]1C(=O)C2=C(C[C@H]1C)NC(C)=C(C(=O)OC(C)C)[C@H]2c1ccc(N(C)C)cc1. The third kappa shape index (κ3) is 4.29. The van der Waals surface area contributed by atoms with E-state index in [-0.39, 0.29) is 17.8 Å². The zero-order valence-electron chi connectivity index (χ0n) is 19.8. The van der Waals surface area contributed by atoms with Crippen molar-refractivity contribution in [3.8, 4) is 0 Å². The molecule has 32 heavy (non-hydrogen) atoms. The van der Waals surface area contributed by atoms with Crippen molar-refractivity contribution in [1.82, 2.24) is 5.32 Å². The van der Waals surface area contributed by atoms with Gasteiger partial charge in [0.1, 0.15) is 5.92 Å². The fraction of sp³-hybridized carbons (Fsp3) is 0.480. The van der Waals surface area contributed by atoms with Gasteiger partial charge in [-0.1, -0.05) is 19.1 Å². The quantitative estimate of drug-likeness (QED) is 0.555. The van der Waals surface area contributed by atoms with Gasteiger partial charge in [0.25, 0.3) is 0 Å². The predicted octanol–water partition coefficient (Wildman–Crippen LogP) is 3.32. The van der Waals surface area contributed by atoms with E-state index in [0.717, 1.165) is 16.9 Å². The number of Topliss-reactive ketones (excluding diaryl/α,β-unsaturated/α-hetero) is 1. The maximum Gasteiger partial charge on any atom is 0.337 e. The number of carbonyl (C=O) groups excluding carboxylic acids is 3. The highest BCUT2D eigenvalue weighted by Crippen LogP contribution is 2.45. The largest absolute Gasteiger partial charge is 0.468 e. The number of anilines is 1. The maximum absolute atomic E-state index is 13.6. The Balaban J connectivity index is 2.17. The lowest BCUT2D eigenvalue weighted by Crippen LogP contribution is -2.43. The molecule has 7 heteroatoms. The van der Waals surface area contributed by atoms with Gasteiger partial charge < -0.3 is 19.7 Å². The first-order valence-corrected chi connectivity index (χ1v) is 10.9. The van der Waals surface area contributed by atoms with E-state index in [2.05, 4.69) is 5.32 Å². The molecule has 0 radical (unpaired) electrons. The highest BCUT2D eigenvalue weighted by Gasteiger charge is 2.47. The van der Waals surface area contributed by atoms with Crippen LogP contribution in [0.1, 0.15) is 45.6 Å². The van der Waals surface area contributed by atoms with Crippen LogP contribution in [0.3, 0.4) is 0 Å². The molecule has 1 N–H and O–H groups in total. The number of carbonyl (C=O) groups is 3. The van der Waals surface area contributed by atoms with Crippen LogP contribution < -0.4 is 10.2 Å². The van der Waals surface area contributed by atoms with Gasteiger partial charge in [-0.25, -0.2) is 4.79 Å². The molecule has 1 aromatic carbocycles. The second-order valence-corrected chi connectivity index (χ2v) is 8.98. The number of benzene rings is 1. The van der Waals surface area contributed by atoms with Gasteiger partial charge in [-0.2, -0.15) is 0 Å². The van der Waals surface area contributed by atoms with Crippen molar-refractivity contribution in [2.75, 3.05) is 26.1 Å². The summed E-state index contributed by atoms with van der Waals surface area (Å²) >= 11 is 0. The Morgan fingerprint density at radius 3 is 2.31 bits per heavy atom. The number of rotatable bonds is 5. The van der Waals surface area contributed by atoms with Crippen LogP contribution in [0.5, 0.6) is 0 Å². The number of nitrogens with one attached hydrogen (secondary N) is 1. The van der Waals surface area contributed by atoms with E-state index in [4.69, 9.17) is 9.47 Å². The molecule has 0 amide bonds. The fourth-order valence-corrected chi connectivity index (χ4v) is 4.53. The van der Waals surface area contributed by atoms with Crippen molar-refractivity contribution < 1.29 is 23.9 Å². The Labute approximate surface area is 189 Å². The second-order valence-electron chi connectivity index (χ2n) is 8.98. The number of esters is 2. The van der Waals surface area contributed by atoms with E-state index in [1.165, 1.54) is 7.11 Å². The maximum atomic E-state index is 13.6. The number of ketones is 1. The molecule has 0 spiro atoms. The number of nitrogens with zero attached hydrogens (tertiary/aromatic N) is 1. The first-order chi connectivity index (χ1) is 15.1. The molecule has 2 aliphatic rings. The average Bonchev–Trinajstić information content (AvgIpc) is 2.71. The van der Waals surface area contributed by atoms with Crippen LogP contribution in [-0.4, -0.2) is 45.0 Å². The van der Waals surface area contributed by atoms with Crippen LogP contribution in [0.15, 0.2) is 46.8 Å². The summed E-state index contributed by atoms with van der Waals surface area (Å²) in [5.41, 5.74) is 4.04. The van der Waals surface area contributed by atoms with E-state index in [1.54, 1.807) is 13.8 Å². The van der Waals surface area contributed by atoms with Gasteiger partial charge in [-0.15, -0.1) is 0 Å². The molecule has 0 fully saturated rings. The number of hydrogen-bond donors (Lipinski definition) is 1. The Morgan fingerprint density at radius 2 is 1.78 bits per heavy atom. The summed E-state index contributed by atoms with van der Waals surface area (Å²) in [5, 5.41) is 3.27. The molecule has 0 aromatic heterocycles. The van der Waals surface area contributed by atoms with Crippen LogP contribution in [0.4, 0.5) is 5.69 Å². The van der Waals surface area contributed by atoms with Crippen LogP contribution in [0.25, 0.3) is 0 Å². The van der Waals surface area contributed by atoms with Gasteiger partial charge in [0.15, 0.2) is 5.78 Å². The molecule has 7 nitrogen and oxygen atoms in total. The normalized spacial score (nSPS) is 23.0. The molecule has 0 unspecified atom stereocenters. The van der Waals surface area contributed by atoms with Gasteiger partial charge in [0.2, 0.25) is 0 Å². The molecule has 3 atom stereocenters. The number of dihydropyridines is 1. The number of hydrogen-bond acceptors (Lipinski definition) is 7. The zero-order chi connectivity index (χ0) is 23.7. The van der Waals surface area contributed by atoms with Crippen LogP contribution in [-0.2, 0) is 23.9 Å². The van der Waals surface area contributed by atoms with Crippen LogP contribution in [0, 0.1) is 11.8 Å². The van der Waals surface area contributed by atoms with Crippen molar-refractivity contribution in [2.24, 2.45) is 11.8 Å². The standard InChI is InChI=1S/C25H32N2O5/c1-13(2)32-25(30)20-15(4)26-18-12-14(3)19(24(29)31-7)23(28)22(18)21(20)16-8-10-17(11-9-16)27(5)6/h8-11,13-14,19,21,26H,12H2,1-7H3/t14-,19-,21-/m1/s1. The Kier molecular flexibility index (Phi) is 6.77. The van der Waals surface area contributed by atoms with Crippen molar-refractivity contribution in [2.45, 2.75) is 46.1 Å². The summed E-state index contributed by atoms with van der Waals surface area (Å²) in [4.78, 5) is 41.2. The van der Waals surface area contributed by atoms with Crippen molar-refractivity contribution in [3.63, 3.8) is 0 Å². The Morgan fingerprint density at radius 1 is 1.16 bits per heavy atom. The molecule has 3 rings (SSSR count). The van der Waals surface area contributed by atoms with Gasteiger partial charge >= 0.3 is 11.9 Å². The third-order valence-electron chi connectivity index (χ3n) is 6.05. The van der Waals surface area contributed by atoms with Gasteiger partial charge in [-0.05, 0) is 50.8 Å². The van der Waals surface area contributed by atoms with E-state index < -0.39 is 23.8 Å². The molecule has 1 aromatic rings. The van der Waals surface area contributed by atoms with E-state index >= 15 is 0 Å². The molecular weight excluding hydrogens is 408 g/mol. The minimum atomic E-state index is -0.898. The minimum Gasteiger partial charge on any atom is -0.468 e. The first kappa shape index (κ1) is 23.6. The van der Waals surface area contributed by atoms with Crippen molar-refractivity contribution in [1.29, 1.82) is 0 Å².